The summed E-state index contributed by atoms with van der Waals surface area (Å²) < 4.78 is 4.63. The summed E-state index contributed by atoms with van der Waals surface area (Å²) in [4.78, 5) is 24.6. The molecule has 0 bridgehead atoms. The third-order valence-corrected chi connectivity index (χ3v) is 4.70. The molecule has 6 nitrogen and oxygen atoms in total. The molecule has 2 rings (SSSR count). The van der Waals surface area contributed by atoms with E-state index in [-0.39, 0.29) is 9.83 Å². The van der Waals surface area contributed by atoms with Crippen LogP contribution in [0.4, 0.5) is 5.69 Å². The summed E-state index contributed by atoms with van der Waals surface area (Å²) in [6.45, 7) is 0. The Balaban J connectivity index is 2.12. The van der Waals surface area contributed by atoms with Gasteiger partial charge in [-0.15, -0.1) is 11.8 Å². The van der Waals surface area contributed by atoms with Crippen molar-refractivity contribution in [3.63, 3.8) is 0 Å². The standard InChI is InChI=1S/C16H18N2O4S/c1-17(2)12-7-4-11(5-8-12)6-9-14-13(18(20)21)10-15(23-14)16(19)22-3/h4-10,13-14H,1-3H3/b9-6+/t13-,14+/m0/s1. The molecule has 1 aliphatic heterocycles. The molecule has 0 spiro atoms. The van der Waals surface area contributed by atoms with Crippen LogP contribution in [0.3, 0.4) is 0 Å². The highest BCUT2D eigenvalue weighted by Crippen LogP contribution is 2.35. The molecule has 122 valence electrons. The molecule has 1 aromatic rings. The molecule has 2 atom stereocenters. The van der Waals surface area contributed by atoms with Crippen LogP contribution < -0.4 is 4.90 Å². The molecule has 0 saturated heterocycles. The maximum atomic E-state index is 11.5. The fraction of sp³-hybridized carbons (Fsp3) is 0.312. The van der Waals surface area contributed by atoms with Crippen LogP contribution in [0.2, 0.25) is 0 Å². The van der Waals surface area contributed by atoms with Crippen molar-refractivity contribution in [2.45, 2.75) is 11.3 Å². The first-order valence-electron chi connectivity index (χ1n) is 6.98. The zero-order chi connectivity index (χ0) is 17.0. The van der Waals surface area contributed by atoms with Crippen LogP contribution in [0.25, 0.3) is 6.08 Å². The van der Waals surface area contributed by atoms with E-state index >= 15 is 0 Å². The number of hydrogen-bond donors (Lipinski definition) is 0. The van der Waals surface area contributed by atoms with E-state index in [9.17, 15) is 14.9 Å². The number of carbonyl (C=O) groups is 1. The van der Waals surface area contributed by atoms with Crippen LogP contribution in [0, 0.1) is 10.1 Å². The second kappa shape index (κ2) is 7.32. The molecule has 0 fully saturated rings. The molecular weight excluding hydrogens is 316 g/mol. The predicted molar refractivity (Wildman–Crippen MR) is 92.1 cm³/mol. The normalized spacial score (nSPS) is 20.4. The molecular formula is C16H18N2O4S. The first kappa shape index (κ1) is 17.1. The lowest BCUT2D eigenvalue weighted by Gasteiger charge is -2.12. The number of esters is 1. The van der Waals surface area contributed by atoms with Crippen LogP contribution in [-0.2, 0) is 9.53 Å². The molecule has 0 unspecified atom stereocenters. The monoisotopic (exact) mass is 334 g/mol. The first-order valence-corrected chi connectivity index (χ1v) is 7.86. The average Bonchev–Trinajstić information content (AvgIpc) is 2.97. The number of methoxy groups -OCH3 is 1. The van der Waals surface area contributed by atoms with Gasteiger partial charge in [0.05, 0.1) is 17.3 Å². The quantitative estimate of drug-likeness (QED) is 0.468. The van der Waals surface area contributed by atoms with E-state index in [2.05, 4.69) is 4.74 Å². The summed E-state index contributed by atoms with van der Waals surface area (Å²) in [6, 6.07) is 6.92. The summed E-state index contributed by atoms with van der Waals surface area (Å²) in [7, 11) is 5.18. The van der Waals surface area contributed by atoms with E-state index in [1.165, 1.54) is 13.2 Å². The Morgan fingerprint density at radius 2 is 2.00 bits per heavy atom. The van der Waals surface area contributed by atoms with E-state index in [1.54, 1.807) is 6.08 Å². The Bertz CT molecular complexity index is 653. The minimum absolute atomic E-state index is 0.284. The van der Waals surface area contributed by atoms with Crippen molar-refractivity contribution in [3.05, 3.63) is 57.0 Å². The molecule has 1 aromatic carbocycles. The average molecular weight is 334 g/mol. The van der Waals surface area contributed by atoms with Crippen LogP contribution in [0.15, 0.2) is 41.3 Å². The van der Waals surface area contributed by atoms with Crippen molar-refractivity contribution < 1.29 is 14.5 Å². The van der Waals surface area contributed by atoms with Gasteiger partial charge in [0.2, 0.25) is 6.04 Å². The highest BCUT2D eigenvalue weighted by molar-refractivity contribution is 8.05. The summed E-state index contributed by atoms with van der Waals surface area (Å²) in [5, 5.41) is 10.7. The molecule has 23 heavy (non-hydrogen) atoms. The maximum Gasteiger partial charge on any atom is 0.344 e. The molecule has 0 N–H and O–H groups in total. The van der Waals surface area contributed by atoms with Crippen molar-refractivity contribution in [1.82, 2.24) is 0 Å². The number of nitro groups is 1. The molecule has 7 heteroatoms. The Hall–Kier alpha value is -2.28. The lowest BCUT2D eigenvalue weighted by Crippen LogP contribution is -2.24. The van der Waals surface area contributed by atoms with E-state index in [1.807, 2.05) is 49.3 Å². The van der Waals surface area contributed by atoms with Gasteiger partial charge in [0, 0.05) is 30.8 Å². The van der Waals surface area contributed by atoms with Gasteiger partial charge in [-0.25, -0.2) is 4.79 Å². The van der Waals surface area contributed by atoms with E-state index in [0.717, 1.165) is 23.0 Å². The van der Waals surface area contributed by atoms with Crippen LogP contribution in [-0.4, -0.2) is 43.4 Å². The van der Waals surface area contributed by atoms with E-state index in [0.29, 0.717) is 0 Å². The fourth-order valence-corrected chi connectivity index (χ4v) is 3.31. The molecule has 0 radical (unpaired) electrons. The second-order valence-electron chi connectivity index (χ2n) is 5.23. The second-order valence-corrected chi connectivity index (χ2v) is 6.45. The highest BCUT2D eigenvalue weighted by atomic mass is 32.2. The zero-order valence-electron chi connectivity index (χ0n) is 13.1. The smallest absolute Gasteiger partial charge is 0.344 e. The van der Waals surface area contributed by atoms with Gasteiger partial charge in [0.1, 0.15) is 0 Å². The number of benzene rings is 1. The molecule has 0 aliphatic carbocycles. The number of rotatable bonds is 5. The van der Waals surface area contributed by atoms with Gasteiger partial charge in [-0.2, -0.15) is 0 Å². The SMILES string of the molecule is COC(=O)C1=C[C@H]([N+](=O)[O-])[C@@H](/C=C/c2ccc(N(C)C)cc2)S1. The lowest BCUT2D eigenvalue weighted by atomic mass is 10.1. The van der Waals surface area contributed by atoms with E-state index in [4.69, 9.17) is 0 Å². The number of carbonyl (C=O) groups excluding carboxylic acids is 1. The predicted octanol–water partition coefficient (Wildman–Crippen LogP) is 2.58. The number of ether oxygens (including phenoxy) is 1. The minimum Gasteiger partial charge on any atom is -0.465 e. The van der Waals surface area contributed by atoms with Crippen molar-refractivity contribution in [2.75, 3.05) is 26.1 Å². The minimum atomic E-state index is -0.925. The van der Waals surface area contributed by atoms with E-state index < -0.39 is 17.3 Å². The molecule has 0 saturated carbocycles. The van der Waals surface area contributed by atoms with Crippen molar-refractivity contribution in [1.29, 1.82) is 0 Å². The van der Waals surface area contributed by atoms with Gasteiger partial charge in [0.15, 0.2) is 0 Å². The van der Waals surface area contributed by atoms with Crippen molar-refractivity contribution in [3.8, 4) is 0 Å². The van der Waals surface area contributed by atoms with Gasteiger partial charge in [0.25, 0.3) is 0 Å². The topological polar surface area (TPSA) is 72.7 Å². The number of hydrogen-bond acceptors (Lipinski definition) is 6. The highest BCUT2D eigenvalue weighted by Gasteiger charge is 2.38. The largest absolute Gasteiger partial charge is 0.465 e. The Morgan fingerprint density at radius 1 is 1.35 bits per heavy atom. The summed E-state index contributed by atoms with van der Waals surface area (Å²) in [5.41, 5.74) is 2.03. The Morgan fingerprint density at radius 3 is 2.52 bits per heavy atom. The number of nitrogens with zero attached hydrogens (tertiary/aromatic N) is 2. The van der Waals surface area contributed by atoms with Crippen LogP contribution in [0.5, 0.6) is 0 Å². The van der Waals surface area contributed by atoms with Gasteiger partial charge in [-0.3, -0.25) is 10.1 Å². The summed E-state index contributed by atoms with van der Waals surface area (Å²) in [6.07, 6.45) is 4.96. The van der Waals surface area contributed by atoms with Gasteiger partial charge < -0.3 is 9.64 Å². The lowest BCUT2D eigenvalue weighted by molar-refractivity contribution is -0.506. The maximum absolute atomic E-state index is 11.5. The third-order valence-electron chi connectivity index (χ3n) is 3.44. The summed E-state index contributed by atoms with van der Waals surface area (Å²) in [5.74, 6) is -0.534. The number of anilines is 1. The van der Waals surface area contributed by atoms with Crippen molar-refractivity contribution >= 4 is 29.5 Å². The molecule has 1 aliphatic rings. The third kappa shape index (κ3) is 4.13. The molecule has 0 amide bonds. The molecule has 1 heterocycles. The summed E-state index contributed by atoms with van der Waals surface area (Å²) >= 11 is 1.16. The Kier molecular flexibility index (Phi) is 5.44. The van der Waals surface area contributed by atoms with Gasteiger partial charge in [-0.1, -0.05) is 24.3 Å². The first-order chi connectivity index (χ1) is 10.9. The van der Waals surface area contributed by atoms with Gasteiger partial charge in [-0.05, 0) is 17.7 Å². The fourth-order valence-electron chi connectivity index (χ4n) is 2.15. The van der Waals surface area contributed by atoms with Crippen LogP contribution in [0.1, 0.15) is 5.56 Å². The van der Waals surface area contributed by atoms with Gasteiger partial charge >= 0.3 is 5.97 Å². The Labute approximate surface area is 139 Å². The number of thioether (sulfide) groups is 1. The van der Waals surface area contributed by atoms with Crippen LogP contribution >= 0.6 is 11.8 Å². The molecule has 0 aromatic heterocycles. The zero-order valence-corrected chi connectivity index (χ0v) is 13.9. The van der Waals surface area contributed by atoms with Crippen molar-refractivity contribution in [2.24, 2.45) is 0 Å².